The fourth-order valence-electron chi connectivity index (χ4n) is 5.43. The average Bonchev–Trinajstić information content (AvgIpc) is 3.22. The van der Waals surface area contributed by atoms with E-state index < -0.39 is 0 Å². The van der Waals surface area contributed by atoms with E-state index in [1.165, 1.54) is 49.1 Å². The summed E-state index contributed by atoms with van der Waals surface area (Å²) in [5.74, 6) is 0.995. The van der Waals surface area contributed by atoms with Gasteiger partial charge in [0.25, 0.3) is 0 Å². The van der Waals surface area contributed by atoms with E-state index in [9.17, 15) is 0 Å². The van der Waals surface area contributed by atoms with Crippen LogP contribution in [0.2, 0.25) is 0 Å². The van der Waals surface area contributed by atoms with Crippen molar-refractivity contribution < 1.29 is 0 Å². The van der Waals surface area contributed by atoms with E-state index in [0.717, 1.165) is 16.9 Å². The van der Waals surface area contributed by atoms with Crippen molar-refractivity contribution in [3.05, 3.63) is 121 Å². The van der Waals surface area contributed by atoms with Gasteiger partial charge in [0.15, 0.2) is 0 Å². The molecular formula is C32H22N2. The Morgan fingerprint density at radius 1 is 0.559 bits per heavy atom. The van der Waals surface area contributed by atoms with Crippen molar-refractivity contribution in [3.8, 4) is 16.8 Å². The number of hydrogen-bond donors (Lipinski definition) is 0. The summed E-state index contributed by atoms with van der Waals surface area (Å²) < 4.78 is 2.32. The first kappa shape index (κ1) is 19.1. The smallest absolute Gasteiger partial charge is 0.111 e. The van der Waals surface area contributed by atoms with E-state index in [-0.39, 0.29) is 0 Å². The number of fused-ring (bicyclic) bond motifs is 4. The molecule has 2 heteroatoms. The maximum absolute atomic E-state index is 4.88. The van der Waals surface area contributed by atoms with Crippen LogP contribution in [0.15, 0.2) is 115 Å². The Balaban J connectivity index is 1.66. The summed E-state index contributed by atoms with van der Waals surface area (Å²) in [5, 5.41) is 7.49. The second-order valence-electron chi connectivity index (χ2n) is 8.86. The summed E-state index contributed by atoms with van der Waals surface area (Å²) in [7, 11) is 0. The van der Waals surface area contributed by atoms with E-state index in [1.54, 1.807) is 0 Å². The molecule has 1 aromatic heterocycles. The van der Waals surface area contributed by atoms with E-state index in [1.807, 2.05) is 0 Å². The van der Waals surface area contributed by atoms with Gasteiger partial charge in [-0.2, -0.15) is 0 Å². The van der Waals surface area contributed by atoms with E-state index in [2.05, 4.69) is 127 Å². The molecule has 0 saturated carbocycles. The minimum atomic E-state index is 0.995. The Morgan fingerprint density at radius 3 is 1.88 bits per heavy atom. The quantitative estimate of drug-likeness (QED) is 0.250. The number of aromatic nitrogens is 2. The SMILES string of the molecule is Cc1nc2ccccc2n1-c1c2ccccc2c(-c2ccc3ccccc3c2)c2ccccc12. The molecule has 0 unspecified atom stereocenters. The summed E-state index contributed by atoms with van der Waals surface area (Å²) in [6, 6.07) is 41.3. The summed E-state index contributed by atoms with van der Waals surface area (Å²) in [6.45, 7) is 2.10. The molecule has 0 aliphatic heterocycles. The number of para-hydroxylation sites is 2. The van der Waals surface area contributed by atoms with Crippen LogP contribution in [-0.4, -0.2) is 9.55 Å². The molecule has 7 aromatic rings. The highest BCUT2D eigenvalue weighted by Crippen LogP contribution is 2.42. The minimum absolute atomic E-state index is 0.995. The van der Waals surface area contributed by atoms with Gasteiger partial charge in [0.1, 0.15) is 5.82 Å². The lowest BCUT2D eigenvalue weighted by Crippen LogP contribution is -2.01. The van der Waals surface area contributed by atoms with Gasteiger partial charge in [-0.1, -0.05) is 97.1 Å². The molecule has 0 atom stereocenters. The van der Waals surface area contributed by atoms with Gasteiger partial charge in [-0.3, -0.25) is 4.57 Å². The van der Waals surface area contributed by atoms with Gasteiger partial charge in [-0.15, -0.1) is 0 Å². The molecule has 0 fully saturated rings. The largest absolute Gasteiger partial charge is 0.295 e. The molecule has 34 heavy (non-hydrogen) atoms. The van der Waals surface area contributed by atoms with Crippen molar-refractivity contribution in [3.63, 3.8) is 0 Å². The fourth-order valence-corrected chi connectivity index (χ4v) is 5.43. The molecule has 0 saturated heterocycles. The van der Waals surface area contributed by atoms with Gasteiger partial charge in [0.05, 0.1) is 16.7 Å². The lowest BCUT2D eigenvalue weighted by Gasteiger charge is -2.19. The van der Waals surface area contributed by atoms with Gasteiger partial charge in [0, 0.05) is 10.8 Å². The van der Waals surface area contributed by atoms with Crippen molar-refractivity contribution in [2.24, 2.45) is 0 Å². The lowest BCUT2D eigenvalue weighted by atomic mass is 9.89. The van der Waals surface area contributed by atoms with Gasteiger partial charge in [0.2, 0.25) is 0 Å². The standard InChI is InChI=1S/C32H22N2/c1-21-33-29-16-8-9-17-30(29)34(21)32-27-14-6-4-12-25(27)31(26-13-5-7-15-28(26)32)24-19-18-22-10-2-3-11-23(22)20-24/h2-20H,1H3. The number of nitrogens with zero attached hydrogens (tertiary/aromatic N) is 2. The average molecular weight is 435 g/mol. The van der Waals surface area contributed by atoms with Crippen LogP contribution >= 0.6 is 0 Å². The van der Waals surface area contributed by atoms with Gasteiger partial charge < -0.3 is 0 Å². The predicted octanol–water partition coefficient (Wildman–Crippen LogP) is 8.46. The zero-order valence-electron chi connectivity index (χ0n) is 18.9. The van der Waals surface area contributed by atoms with Crippen molar-refractivity contribution in [2.75, 3.05) is 0 Å². The first-order chi connectivity index (χ1) is 16.8. The highest BCUT2D eigenvalue weighted by Gasteiger charge is 2.19. The van der Waals surface area contributed by atoms with Crippen LogP contribution in [0.4, 0.5) is 0 Å². The third-order valence-electron chi connectivity index (χ3n) is 6.89. The van der Waals surface area contributed by atoms with Crippen LogP contribution in [0, 0.1) is 6.92 Å². The highest BCUT2D eigenvalue weighted by atomic mass is 15.1. The van der Waals surface area contributed by atoms with E-state index >= 15 is 0 Å². The Hall–Kier alpha value is -4.43. The Kier molecular flexibility index (Phi) is 4.09. The van der Waals surface area contributed by atoms with Gasteiger partial charge in [-0.25, -0.2) is 4.98 Å². The van der Waals surface area contributed by atoms with E-state index in [0.29, 0.717) is 0 Å². The number of imidazole rings is 1. The minimum Gasteiger partial charge on any atom is -0.295 e. The third kappa shape index (κ3) is 2.72. The second-order valence-corrected chi connectivity index (χ2v) is 8.86. The normalized spacial score (nSPS) is 11.7. The molecule has 2 nitrogen and oxygen atoms in total. The van der Waals surface area contributed by atoms with Gasteiger partial charge in [-0.05, 0) is 57.8 Å². The molecule has 0 bridgehead atoms. The van der Waals surface area contributed by atoms with E-state index in [4.69, 9.17) is 4.98 Å². The number of benzene rings is 6. The lowest BCUT2D eigenvalue weighted by molar-refractivity contribution is 1.02. The number of hydrogen-bond acceptors (Lipinski definition) is 1. The van der Waals surface area contributed by atoms with Crippen LogP contribution in [0.3, 0.4) is 0 Å². The monoisotopic (exact) mass is 434 g/mol. The summed E-state index contributed by atoms with van der Waals surface area (Å²) in [4.78, 5) is 4.88. The zero-order valence-corrected chi connectivity index (χ0v) is 18.9. The molecule has 160 valence electrons. The Labute approximate surface area is 197 Å². The third-order valence-corrected chi connectivity index (χ3v) is 6.89. The Bertz CT molecular complexity index is 1820. The first-order valence-corrected chi connectivity index (χ1v) is 11.7. The highest BCUT2D eigenvalue weighted by molar-refractivity contribution is 6.19. The summed E-state index contributed by atoms with van der Waals surface area (Å²) >= 11 is 0. The molecule has 6 aromatic carbocycles. The maximum atomic E-state index is 4.88. The van der Waals surface area contributed by atoms with Crippen LogP contribution in [0.5, 0.6) is 0 Å². The van der Waals surface area contributed by atoms with Crippen LogP contribution in [-0.2, 0) is 0 Å². The van der Waals surface area contributed by atoms with Gasteiger partial charge >= 0.3 is 0 Å². The molecule has 0 amide bonds. The van der Waals surface area contributed by atoms with Crippen LogP contribution in [0.1, 0.15) is 5.82 Å². The topological polar surface area (TPSA) is 17.8 Å². The zero-order chi connectivity index (χ0) is 22.6. The summed E-state index contributed by atoms with van der Waals surface area (Å²) in [6.07, 6.45) is 0. The van der Waals surface area contributed by atoms with Crippen molar-refractivity contribution in [1.82, 2.24) is 9.55 Å². The summed E-state index contributed by atoms with van der Waals surface area (Å²) in [5.41, 5.74) is 5.87. The van der Waals surface area contributed by atoms with Crippen molar-refractivity contribution >= 4 is 43.4 Å². The molecule has 0 aliphatic carbocycles. The second kappa shape index (κ2) is 7.29. The maximum Gasteiger partial charge on any atom is 0.111 e. The number of rotatable bonds is 2. The molecule has 0 radical (unpaired) electrons. The van der Waals surface area contributed by atoms with Crippen molar-refractivity contribution in [2.45, 2.75) is 6.92 Å². The van der Waals surface area contributed by atoms with Crippen molar-refractivity contribution in [1.29, 1.82) is 0 Å². The number of aryl methyl sites for hydroxylation is 1. The van der Waals surface area contributed by atoms with Crippen LogP contribution < -0.4 is 0 Å². The molecule has 7 rings (SSSR count). The molecule has 0 aliphatic rings. The first-order valence-electron chi connectivity index (χ1n) is 11.7. The molecule has 1 heterocycles. The molecule has 0 spiro atoms. The Morgan fingerprint density at radius 2 is 1.15 bits per heavy atom. The predicted molar refractivity (Wildman–Crippen MR) is 144 cm³/mol. The fraction of sp³-hybridized carbons (Fsp3) is 0.0312. The molecule has 0 N–H and O–H groups in total. The molecular weight excluding hydrogens is 412 g/mol. The van der Waals surface area contributed by atoms with Crippen LogP contribution in [0.25, 0.3) is 60.2 Å².